The van der Waals surface area contributed by atoms with E-state index in [0.717, 1.165) is 17.8 Å². The normalized spacial score (nSPS) is 21.7. The van der Waals surface area contributed by atoms with E-state index >= 15 is 0 Å². The first-order chi connectivity index (χ1) is 12.2. The molecule has 3 fully saturated rings. The molecular weight excluding hydrogens is 324 g/mol. The van der Waals surface area contributed by atoms with E-state index in [1.165, 1.54) is 77.0 Å². The van der Waals surface area contributed by atoms with Gasteiger partial charge in [0, 0.05) is 0 Å². The first-order valence-corrected chi connectivity index (χ1v) is 12.2. The minimum absolute atomic E-state index is 0.564. The van der Waals surface area contributed by atoms with Crippen molar-refractivity contribution in [3.63, 3.8) is 0 Å². The molecule has 3 saturated carbocycles. The highest BCUT2D eigenvalue weighted by atomic mass is 14.3. The van der Waals surface area contributed by atoms with E-state index in [0.29, 0.717) is 16.2 Å². The monoisotopic (exact) mass is 378 g/mol. The molecule has 0 aliphatic heterocycles. The Hall–Kier alpha value is 0. The van der Waals surface area contributed by atoms with Gasteiger partial charge in [-0.2, -0.15) is 0 Å². The highest BCUT2D eigenvalue weighted by Gasteiger charge is 2.26. The van der Waals surface area contributed by atoms with Crippen LogP contribution in [0, 0.1) is 34.0 Å². The molecule has 0 radical (unpaired) electrons. The van der Waals surface area contributed by atoms with Crippen LogP contribution < -0.4 is 0 Å². The topological polar surface area (TPSA) is 0 Å². The summed E-state index contributed by atoms with van der Waals surface area (Å²) in [4.78, 5) is 0. The van der Waals surface area contributed by atoms with Crippen LogP contribution >= 0.6 is 0 Å². The zero-order chi connectivity index (χ0) is 20.7. The van der Waals surface area contributed by atoms with Crippen molar-refractivity contribution >= 4 is 0 Å². The molecule has 0 heteroatoms. The van der Waals surface area contributed by atoms with E-state index in [4.69, 9.17) is 0 Å². The van der Waals surface area contributed by atoms with Gasteiger partial charge < -0.3 is 0 Å². The molecule has 0 saturated heterocycles. The molecule has 0 atom stereocenters. The summed E-state index contributed by atoms with van der Waals surface area (Å²) in [7, 11) is 0. The fraction of sp³-hybridized carbons (Fsp3) is 1.00. The van der Waals surface area contributed by atoms with E-state index in [9.17, 15) is 0 Å². The van der Waals surface area contributed by atoms with Crippen LogP contribution in [0.2, 0.25) is 0 Å². The summed E-state index contributed by atoms with van der Waals surface area (Å²) in [6, 6.07) is 0. The third kappa shape index (κ3) is 15.6. The van der Waals surface area contributed by atoms with E-state index < -0.39 is 0 Å². The van der Waals surface area contributed by atoms with Crippen LogP contribution in [0.4, 0.5) is 0 Å². The molecule has 3 aliphatic carbocycles. The van der Waals surface area contributed by atoms with Crippen LogP contribution in [-0.2, 0) is 0 Å². The molecular formula is C27H54. The van der Waals surface area contributed by atoms with Crippen molar-refractivity contribution in [2.75, 3.05) is 0 Å². The Labute approximate surface area is 173 Å². The van der Waals surface area contributed by atoms with Crippen molar-refractivity contribution in [2.24, 2.45) is 34.0 Å². The second kappa shape index (κ2) is 10.7. The Kier molecular flexibility index (Phi) is 9.91. The summed E-state index contributed by atoms with van der Waals surface area (Å²) < 4.78 is 0. The van der Waals surface area contributed by atoms with Gasteiger partial charge in [-0.3, -0.25) is 0 Å². The molecule has 0 aromatic carbocycles. The lowest BCUT2D eigenvalue weighted by molar-refractivity contribution is 0.207. The van der Waals surface area contributed by atoms with Crippen molar-refractivity contribution in [3.05, 3.63) is 0 Å². The molecule has 27 heavy (non-hydrogen) atoms. The molecule has 0 heterocycles. The molecule has 3 rings (SSSR count). The average molecular weight is 379 g/mol. The predicted molar refractivity (Wildman–Crippen MR) is 124 cm³/mol. The van der Waals surface area contributed by atoms with Crippen molar-refractivity contribution in [2.45, 2.75) is 139 Å². The zero-order valence-corrected chi connectivity index (χ0v) is 20.7. The van der Waals surface area contributed by atoms with Crippen LogP contribution in [0.1, 0.15) is 139 Å². The maximum absolute atomic E-state index is 2.35. The quantitative estimate of drug-likeness (QED) is 0.458. The van der Waals surface area contributed by atoms with Crippen LogP contribution in [0.15, 0.2) is 0 Å². The fourth-order valence-electron chi connectivity index (χ4n) is 4.83. The van der Waals surface area contributed by atoms with Gasteiger partial charge in [-0.1, -0.05) is 120 Å². The van der Waals surface area contributed by atoms with Crippen LogP contribution in [-0.4, -0.2) is 0 Å². The summed E-state index contributed by atoms with van der Waals surface area (Å²) in [5, 5.41) is 0. The SMILES string of the molecule is CC(C)(C)CC1CC1.CC(C)(C)CC1CCC1.CC(C)(C)CC1CCCC1. The molecule has 0 spiro atoms. The molecule has 0 nitrogen and oxygen atoms in total. The lowest BCUT2D eigenvalue weighted by atomic mass is 9.74. The Morgan fingerprint density at radius 3 is 0.815 bits per heavy atom. The van der Waals surface area contributed by atoms with Gasteiger partial charge in [-0.05, 0) is 53.3 Å². The molecule has 0 bridgehead atoms. The molecule has 162 valence electrons. The third-order valence-electron chi connectivity index (χ3n) is 6.10. The minimum atomic E-state index is 0.564. The smallest absolute Gasteiger partial charge is 0.0380 e. The molecule has 3 aliphatic rings. The number of hydrogen-bond acceptors (Lipinski definition) is 0. The predicted octanol–water partition coefficient (Wildman–Crippen LogP) is 9.67. The van der Waals surface area contributed by atoms with Crippen LogP contribution in [0.3, 0.4) is 0 Å². The third-order valence-corrected chi connectivity index (χ3v) is 6.10. The standard InChI is InChI=1S/C10H20.C9H18.C8H16/c1-10(2,3)8-9-6-4-5-7-9;1-9(2,3)7-8-5-4-6-8;1-8(2,3)6-7-4-5-7/h9H,4-8H2,1-3H3;8H,4-7H2,1-3H3;7H,4-6H2,1-3H3. The maximum Gasteiger partial charge on any atom is -0.0380 e. The van der Waals surface area contributed by atoms with Crippen molar-refractivity contribution < 1.29 is 0 Å². The summed E-state index contributed by atoms with van der Waals surface area (Å²) in [5.41, 5.74) is 1.72. The Morgan fingerprint density at radius 2 is 0.667 bits per heavy atom. The zero-order valence-electron chi connectivity index (χ0n) is 20.7. The van der Waals surface area contributed by atoms with Gasteiger partial charge in [0.1, 0.15) is 0 Å². The van der Waals surface area contributed by atoms with Gasteiger partial charge in [0.05, 0.1) is 0 Å². The Bertz CT molecular complexity index is 370. The van der Waals surface area contributed by atoms with E-state index in [1.807, 2.05) is 0 Å². The Balaban J connectivity index is 0.000000204. The van der Waals surface area contributed by atoms with E-state index in [-0.39, 0.29) is 0 Å². The summed E-state index contributed by atoms with van der Waals surface area (Å²) in [6.45, 7) is 21.0. The number of rotatable bonds is 3. The summed E-state index contributed by atoms with van der Waals surface area (Å²) in [6.07, 6.45) is 17.8. The van der Waals surface area contributed by atoms with E-state index in [1.54, 1.807) is 0 Å². The largest absolute Gasteiger partial charge is 0.0602 e. The fourth-order valence-corrected chi connectivity index (χ4v) is 4.83. The Morgan fingerprint density at radius 1 is 0.407 bits per heavy atom. The number of hydrogen-bond donors (Lipinski definition) is 0. The van der Waals surface area contributed by atoms with Crippen LogP contribution in [0.5, 0.6) is 0 Å². The molecule has 0 amide bonds. The highest BCUT2D eigenvalue weighted by molar-refractivity contribution is 4.78. The van der Waals surface area contributed by atoms with E-state index in [2.05, 4.69) is 62.3 Å². The van der Waals surface area contributed by atoms with Gasteiger partial charge >= 0.3 is 0 Å². The highest BCUT2D eigenvalue weighted by Crippen LogP contribution is 2.39. The second-order valence-corrected chi connectivity index (χ2v) is 13.7. The summed E-state index contributed by atoms with van der Waals surface area (Å²) >= 11 is 0. The maximum atomic E-state index is 2.35. The molecule has 0 unspecified atom stereocenters. The summed E-state index contributed by atoms with van der Waals surface area (Å²) in [5.74, 6) is 3.22. The molecule has 0 N–H and O–H groups in total. The van der Waals surface area contributed by atoms with Crippen molar-refractivity contribution in [1.29, 1.82) is 0 Å². The average Bonchev–Trinajstić information content (AvgIpc) is 3.05. The molecule has 0 aromatic rings. The van der Waals surface area contributed by atoms with Gasteiger partial charge in [0.15, 0.2) is 0 Å². The van der Waals surface area contributed by atoms with Crippen molar-refractivity contribution in [1.82, 2.24) is 0 Å². The molecule has 0 aromatic heterocycles. The van der Waals surface area contributed by atoms with Crippen molar-refractivity contribution in [3.8, 4) is 0 Å². The van der Waals surface area contributed by atoms with Crippen LogP contribution in [0.25, 0.3) is 0 Å². The first-order valence-electron chi connectivity index (χ1n) is 12.2. The van der Waals surface area contributed by atoms with Gasteiger partial charge in [0.25, 0.3) is 0 Å². The second-order valence-electron chi connectivity index (χ2n) is 13.7. The lowest BCUT2D eigenvalue weighted by Gasteiger charge is -2.31. The van der Waals surface area contributed by atoms with Gasteiger partial charge in [-0.15, -0.1) is 0 Å². The first kappa shape index (κ1) is 25.0. The van der Waals surface area contributed by atoms with Gasteiger partial charge in [-0.25, -0.2) is 0 Å². The lowest BCUT2D eigenvalue weighted by Crippen LogP contribution is -2.18. The minimum Gasteiger partial charge on any atom is -0.0602 e. The van der Waals surface area contributed by atoms with Gasteiger partial charge in [0.2, 0.25) is 0 Å².